The topological polar surface area (TPSA) is 52.6 Å². The average molecular weight is 262 g/mol. The summed E-state index contributed by atoms with van der Waals surface area (Å²) in [4.78, 5) is 24.1. The molecule has 0 aliphatic heterocycles. The molecule has 1 fully saturated rings. The second kappa shape index (κ2) is 5.87. The normalized spacial score (nSPS) is 30.9. The van der Waals surface area contributed by atoms with Gasteiger partial charge >= 0.3 is 11.9 Å². The van der Waals surface area contributed by atoms with Gasteiger partial charge in [0.1, 0.15) is 13.2 Å². The van der Waals surface area contributed by atoms with Gasteiger partial charge in [0.05, 0.1) is 11.8 Å². The second-order valence-electron chi connectivity index (χ2n) is 4.84. The fourth-order valence-electron chi connectivity index (χ4n) is 2.94. The number of carbonyl (C=O) groups excluding carboxylic acids is 2. The number of rotatable bonds is 6. The van der Waals surface area contributed by atoms with Gasteiger partial charge in [0.15, 0.2) is 0 Å². The summed E-state index contributed by atoms with van der Waals surface area (Å²) in [5.41, 5.74) is 0. The summed E-state index contributed by atoms with van der Waals surface area (Å²) in [5, 5.41) is 0. The summed E-state index contributed by atoms with van der Waals surface area (Å²) in [6, 6.07) is 0. The molecule has 2 rings (SSSR count). The fraction of sp³-hybridized carbons (Fsp3) is 0.467. The van der Waals surface area contributed by atoms with E-state index >= 15 is 0 Å². The lowest BCUT2D eigenvalue weighted by atomic mass is 9.83. The van der Waals surface area contributed by atoms with Crippen molar-refractivity contribution in [2.45, 2.75) is 6.42 Å². The van der Waals surface area contributed by atoms with Crippen molar-refractivity contribution in [1.29, 1.82) is 0 Å². The fourth-order valence-corrected chi connectivity index (χ4v) is 2.94. The molecule has 0 aromatic carbocycles. The Labute approximate surface area is 112 Å². The van der Waals surface area contributed by atoms with E-state index in [1.807, 2.05) is 12.2 Å². The molecule has 4 atom stereocenters. The van der Waals surface area contributed by atoms with Crippen molar-refractivity contribution in [3.8, 4) is 0 Å². The van der Waals surface area contributed by atoms with Crippen molar-refractivity contribution < 1.29 is 19.1 Å². The smallest absolute Gasteiger partial charge is 0.310 e. The minimum absolute atomic E-state index is 0.0867. The Morgan fingerprint density at radius 2 is 1.42 bits per heavy atom. The van der Waals surface area contributed by atoms with E-state index in [1.165, 1.54) is 12.2 Å². The third-order valence-corrected chi connectivity index (χ3v) is 3.69. The number of carbonyl (C=O) groups is 2. The molecule has 102 valence electrons. The van der Waals surface area contributed by atoms with E-state index in [9.17, 15) is 9.59 Å². The van der Waals surface area contributed by atoms with E-state index in [0.717, 1.165) is 6.42 Å². The van der Waals surface area contributed by atoms with Crippen molar-refractivity contribution in [2.75, 3.05) is 13.2 Å². The molecule has 2 bridgehead atoms. The molecule has 0 amide bonds. The first kappa shape index (κ1) is 13.6. The Morgan fingerprint density at radius 3 is 1.79 bits per heavy atom. The lowest BCUT2D eigenvalue weighted by Crippen LogP contribution is -2.35. The molecule has 0 unspecified atom stereocenters. The van der Waals surface area contributed by atoms with Crippen LogP contribution >= 0.6 is 0 Å². The molecule has 0 aromatic rings. The van der Waals surface area contributed by atoms with E-state index in [2.05, 4.69) is 13.2 Å². The highest BCUT2D eigenvalue weighted by atomic mass is 16.5. The Morgan fingerprint density at radius 1 is 1.00 bits per heavy atom. The lowest BCUT2D eigenvalue weighted by Gasteiger charge is -2.24. The van der Waals surface area contributed by atoms with E-state index in [0.29, 0.717) is 0 Å². The van der Waals surface area contributed by atoms with Crippen LogP contribution in [0.4, 0.5) is 0 Å². The van der Waals surface area contributed by atoms with Crippen LogP contribution in [0.2, 0.25) is 0 Å². The third-order valence-electron chi connectivity index (χ3n) is 3.69. The van der Waals surface area contributed by atoms with Gasteiger partial charge in [0, 0.05) is 0 Å². The van der Waals surface area contributed by atoms with Crippen LogP contribution in [0.3, 0.4) is 0 Å². The van der Waals surface area contributed by atoms with E-state index in [4.69, 9.17) is 9.47 Å². The first-order valence-electron chi connectivity index (χ1n) is 6.42. The molecule has 4 nitrogen and oxygen atoms in total. The van der Waals surface area contributed by atoms with Crippen LogP contribution in [0.1, 0.15) is 6.42 Å². The van der Waals surface area contributed by atoms with E-state index in [1.54, 1.807) is 0 Å². The van der Waals surface area contributed by atoms with Crippen LogP contribution in [0.25, 0.3) is 0 Å². The lowest BCUT2D eigenvalue weighted by molar-refractivity contribution is -0.160. The van der Waals surface area contributed by atoms with Crippen molar-refractivity contribution in [1.82, 2.24) is 0 Å². The third kappa shape index (κ3) is 2.62. The summed E-state index contributed by atoms with van der Waals surface area (Å²) in [6.45, 7) is 7.36. The van der Waals surface area contributed by atoms with Gasteiger partial charge in [-0.15, -0.1) is 0 Å². The van der Waals surface area contributed by atoms with E-state index < -0.39 is 11.8 Å². The molecule has 0 N–H and O–H groups in total. The molecule has 0 aromatic heterocycles. The summed E-state index contributed by atoms with van der Waals surface area (Å²) >= 11 is 0. The molecule has 2 aliphatic carbocycles. The largest absolute Gasteiger partial charge is 0.461 e. The average Bonchev–Trinajstić information content (AvgIpc) is 3.02. The van der Waals surface area contributed by atoms with Gasteiger partial charge in [-0.1, -0.05) is 37.5 Å². The van der Waals surface area contributed by atoms with Crippen LogP contribution in [-0.4, -0.2) is 25.2 Å². The predicted molar refractivity (Wildman–Crippen MR) is 70.0 cm³/mol. The first-order chi connectivity index (χ1) is 9.19. The van der Waals surface area contributed by atoms with Gasteiger partial charge in [0.25, 0.3) is 0 Å². The van der Waals surface area contributed by atoms with E-state index in [-0.39, 0.29) is 37.0 Å². The first-order valence-corrected chi connectivity index (χ1v) is 6.42. The van der Waals surface area contributed by atoms with Crippen LogP contribution in [0, 0.1) is 23.7 Å². The Bertz CT molecular complexity index is 386. The number of hydrogen-bond donors (Lipinski definition) is 0. The molecular formula is C15H18O4. The van der Waals surface area contributed by atoms with Crippen LogP contribution in [-0.2, 0) is 19.1 Å². The summed E-state index contributed by atoms with van der Waals surface area (Å²) < 4.78 is 10.2. The predicted octanol–water partition coefficient (Wildman–Crippen LogP) is 1.88. The molecule has 0 radical (unpaired) electrons. The zero-order valence-corrected chi connectivity index (χ0v) is 10.8. The zero-order chi connectivity index (χ0) is 13.8. The quantitative estimate of drug-likeness (QED) is 0.542. The highest BCUT2D eigenvalue weighted by molar-refractivity contribution is 5.84. The van der Waals surface area contributed by atoms with Gasteiger partial charge in [-0.3, -0.25) is 9.59 Å². The zero-order valence-electron chi connectivity index (χ0n) is 10.8. The molecule has 19 heavy (non-hydrogen) atoms. The maximum atomic E-state index is 12.1. The molecule has 4 heteroatoms. The number of esters is 2. The second-order valence-corrected chi connectivity index (χ2v) is 4.84. The van der Waals surface area contributed by atoms with Crippen LogP contribution in [0.5, 0.6) is 0 Å². The standard InChI is InChI=1S/C15H18O4/c1-3-7-18-14(16)12-10-5-6-11(9-10)13(12)15(17)19-8-4-2/h3-6,10-13H,1-2,7-9H2/t10-,11-,12-,13+/m0/s1. The minimum atomic E-state index is -0.424. The van der Waals surface area contributed by atoms with Gasteiger partial charge in [0.2, 0.25) is 0 Å². The summed E-state index contributed by atoms with van der Waals surface area (Å²) in [5.74, 6) is -1.35. The van der Waals surface area contributed by atoms with Crippen molar-refractivity contribution in [3.05, 3.63) is 37.5 Å². The minimum Gasteiger partial charge on any atom is -0.461 e. The number of ether oxygens (including phenoxy) is 2. The van der Waals surface area contributed by atoms with Gasteiger partial charge in [-0.2, -0.15) is 0 Å². The number of fused-ring (bicyclic) bond motifs is 2. The maximum Gasteiger partial charge on any atom is 0.310 e. The molecule has 0 saturated heterocycles. The van der Waals surface area contributed by atoms with Crippen molar-refractivity contribution >= 4 is 11.9 Å². The maximum absolute atomic E-state index is 12.1. The number of allylic oxidation sites excluding steroid dienone is 2. The Kier molecular flexibility index (Phi) is 4.20. The SMILES string of the molecule is C=CCOC(=O)[C@@H]1[C@H](C(=O)OCC=C)[C@H]2C=C[C@H]1C2. The molecule has 2 aliphatic rings. The molecular weight excluding hydrogens is 244 g/mol. The number of hydrogen-bond acceptors (Lipinski definition) is 4. The van der Waals surface area contributed by atoms with Crippen LogP contribution in [0.15, 0.2) is 37.5 Å². The van der Waals surface area contributed by atoms with Gasteiger partial charge in [-0.05, 0) is 18.3 Å². The highest BCUT2D eigenvalue weighted by Crippen LogP contribution is 2.48. The van der Waals surface area contributed by atoms with Crippen molar-refractivity contribution in [3.63, 3.8) is 0 Å². The van der Waals surface area contributed by atoms with Crippen molar-refractivity contribution in [2.24, 2.45) is 23.7 Å². The highest BCUT2D eigenvalue weighted by Gasteiger charge is 2.52. The Hall–Kier alpha value is -1.84. The molecule has 0 heterocycles. The van der Waals surface area contributed by atoms with Crippen LogP contribution < -0.4 is 0 Å². The Balaban J connectivity index is 2.08. The van der Waals surface area contributed by atoms with Gasteiger partial charge in [-0.25, -0.2) is 0 Å². The molecule has 0 spiro atoms. The summed E-state index contributed by atoms with van der Waals surface area (Å²) in [7, 11) is 0. The summed E-state index contributed by atoms with van der Waals surface area (Å²) in [6.07, 6.45) is 7.86. The molecule has 1 saturated carbocycles. The van der Waals surface area contributed by atoms with Gasteiger partial charge < -0.3 is 9.47 Å². The monoisotopic (exact) mass is 262 g/mol.